The molecule has 1 heterocycles. The lowest BCUT2D eigenvalue weighted by molar-refractivity contribution is -0.429. The molecule has 0 radical (unpaired) electrons. The van der Waals surface area contributed by atoms with E-state index >= 15 is 0 Å². The predicted octanol–water partition coefficient (Wildman–Crippen LogP) is 1.24. The summed E-state index contributed by atoms with van der Waals surface area (Å²) >= 11 is 0. The van der Waals surface area contributed by atoms with Crippen molar-refractivity contribution >= 4 is 11.5 Å². The van der Waals surface area contributed by atoms with Gasteiger partial charge in [0.15, 0.2) is 0 Å². The van der Waals surface area contributed by atoms with Crippen molar-refractivity contribution < 1.29 is 17.0 Å². The Kier molecular flexibility index (Phi) is 5.39. The molecule has 0 amide bonds. The summed E-state index contributed by atoms with van der Waals surface area (Å²) in [7, 11) is 0. The molecule has 0 aliphatic carbocycles. The number of nitrogens with zero attached hydrogens (tertiary/aromatic N) is 1. The van der Waals surface area contributed by atoms with Crippen molar-refractivity contribution in [2.75, 3.05) is 13.1 Å². The molecule has 0 saturated heterocycles. The minimum Gasteiger partial charge on any atom is -1.00 e. The fraction of sp³-hybridized carbons (Fsp3) is 0.381. The maximum absolute atomic E-state index is 3.63. The average molecular weight is 343 g/mol. The first-order chi connectivity index (χ1) is 10.9. The normalized spacial score (nSPS) is 13.8. The van der Waals surface area contributed by atoms with Crippen LogP contribution in [-0.2, 0) is 0 Å². The number of rotatable bonds is 2. The molecule has 24 heavy (non-hydrogen) atoms. The fourth-order valence-corrected chi connectivity index (χ4v) is 4.09. The van der Waals surface area contributed by atoms with Crippen molar-refractivity contribution in [1.82, 2.24) is 5.32 Å². The molecule has 0 aromatic heterocycles. The van der Waals surface area contributed by atoms with Crippen LogP contribution in [0.1, 0.15) is 38.9 Å². The molecule has 128 valence electrons. The highest BCUT2D eigenvalue weighted by molar-refractivity contribution is 5.99. The van der Waals surface area contributed by atoms with Gasteiger partial charge >= 0.3 is 0 Å². The molecule has 0 spiro atoms. The molecule has 2 aromatic carbocycles. The molecule has 0 fully saturated rings. The summed E-state index contributed by atoms with van der Waals surface area (Å²) in [5.41, 5.74) is 10.8. The Morgan fingerprint density at radius 2 is 1.21 bits per heavy atom. The van der Waals surface area contributed by atoms with Gasteiger partial charge in [-0.1, -0.05) is 35.4 Å². The van der Waals surface area contributed by atoms with Gasteiger partial charge in [0.25, 0.3) is 5.84 Å². The molecule has 3 heteroatoms. The van der Waals surface area contributed by atoms with Crippen LogP contribution in [0.2, 0.25) is 0 Å². The summed E-state index contributed by atoms with van der Waals surface area (Å²) in [4.78, 5) is 0. The Morgan fingerprint density at radius 1 is 0.750 bits per heavy atom. The van der Waals surface area contributed by atoms with Crippen LogP contribution in [0, 0.1) is 41.5 Å². The van der Waals surface area contributed by atoms with Gasteiger partial charge in [-0.15, -0.1) is 0 Å². The van der Waals surface area contributed by atoms with Gasteiger partial charge < -0.3 is 12.4 Å². The van der Waals surface area contributed by atoms with Crippen molar-refractivity contribution in [3.05, 3.63) is 63.2 Å². The van der Waals surface area contributed by atoms with Crippen molar-refractivity contribution in [2.45, 2.75) is 41.5 Å². The maximum atomic E-state index is 3.63. The zero-order chi connectivity index (χ0) is 16.7. The average Bonchev–Trinajstić information content (AvgIpc) is 2.85. The van der Waals surface area contributed by atoms with Gasteiger partial charge in [0.1, 0.15) is 18.8 Å². The summed E-state index contributed by atoms with van der Waals surface area (Å²) < 4.78 is 2.47. The van der Waals surface area contributed by atoms with Gasteiger partial charge in [-0.25, -0.2) is 4.58 Å². The van der Waals surface area contributed by atoms with Crippen molar-refractivity contribution in [3.8, 4) is 0 Å². The fourth-order valence-electron chi connectivity index (χ4n) is 4.09. The van der Waals surface area contributed by atoms with Crippen LogP contribution in [0.15, 0.2) is 24.3 Å². The highest BCUT2D eigenvalue weighted by Crippen LogP contribution is 2.28. The van der Waals surface area contributed by atoms with E-state index < -0.39 is 0 Å². The van der Waals surface area contributed by atoms with E-state index in [9.17, 15) is 0 Å². The van der Waals surface area contributed by atoms with E-state index in [1.165, 1.54) is 50.5 Å². The number of aryl methyl sites for hydroxylation is 6. The minimum absolute atomic E-state index is 0. The minimum atomic E-state index is 0. The lowest BCUT2D eigenvalue weighted by Gasteiger charge is -2.14. The van der Waals surface area contributed by atoms with E-state index in [2.05, 4.69) is 75.7 Å². The Bertz CT molecular complexity index is 705. The monoisotopic (exact) mass is 342 g/mol. The number of hydrogen-bond acceptors (Lipinski definition) is 1. The van der Waals surface area contributed by atoms with E-state index in [4.69, 9.17) is 0 Å². The van der Waals surface area contributed by atoms with Crippen molar-refractivity contribution in [2.24, 2.45) is 0 Å². The van der Waals surface area contributed by atoms with E-state index in [1.54, 1.807) is 0 Å². The molecule has 2 aromatic rings. The van der Waals surface area contributed by atoms with Gasteiger partial charge in [0.2, 0.25) is 0 Å². The second-order valence-electron chi connectivity index (χ2n) is 6.95. The lowest BCUT2D eigenvalue weighted by Crippen LogP contribution is -3.00. The summed E-state index contributed by atoms with van der Waals surface area (Å²) in [6.45, 7) is 15.2. The van der Waals surface area contributed by atoms with E-state index in [0.717, 1.165) is 13.1 Å². The van der Waals surface area contributed by atoms with E-state index in [-0.39, 0.29) is 12.4 Å². The van der Waals surface area contributed by atoms with Crippen LogP contribution in [-0.4, -0.2) is 23.5 Å². The lowest BCUT2D eigenvalue weighted by atomic mass is 9.98. The Hall–Kier alpha value is -1.80. The van der Waals surface area contributed by atoms with E-state index in [1.807, 2.05) is 0 Å². The number of hydrogen-bond donors (Lipinski definition) is 1. The van der Waals surface area contributed by atoms with Gasteiger partial charge in [0.05, 0.1) is 5.56 Å². The molecule has 1 aliphatic heterocycles. The molecular formula is C21H27ClN2. The number of benzene rings is 2. The second-order valence-corrected chi connectivity index (χ2v) is 6.95. The maximum Gasteiger partial charge on any atom is 0.283 e. The first-order valence-corrected chi connectivity index (χ1v) is 8.43. The zero-order valence-electron chi connectivity index (χ0n) is 15.5. The molecule has 1 N–H and O–H groups in total. The number of amidine groups is 1. The largest absolute Gasteiger partial charge is 1.00 e. The molecule has 2 nitrogen and oxygen atoms in total. The van der Waals surface area contributed by atoms with Crippen LogP contribution in [0.4, 0.5) is 5.69 Å². The molecular weight excluding hydrogens is 316 g/mol. The Morgan fingerprint density at radius 3 is 1.71 bits per heavy atom. The van der Waals surface area contributed by atoms with Crippen LogP contribution < -0.4 is 17.7 Å². The van der Waals surface area contributed by atoms with Crippen molar-refractivity contribution in [1.29, 1.82) is 0 Å². The molecule has 1 aliphatic rings. The topological polar surface area (TPSA) is 15.0 Å². The third-order valence-corrected chi connectivity index (χ3v) is 4.72. The molecule has 0 atom stereocenters. The van der Waals surface area contributed by atoms with Gasteiger partial charge in [-0.05, 0) is 63.8 Å². The van der Waals surface area contributed by atoms with Crippen molar-refractivity contribution in [3.63, 3.8) is 0 Å². The first kappa shape index (κ1) is 18.5. The van der Waals surface area contributed by atoms with Crippen LogP contribution in [0.3, 0.4) is 0 Å². The quantitative estimate of drug-likeness (QED) is 0.811. The summed E-state index contributed by atoms with van der Waals surface area (Å²) in [6.07, 6.45) is 0. The smallest absolute Gasteiger partial charge is 0.283 e. The van der Waals surface area contributed by atoms with Crippen LogP contribution in [0.5, 0.6) is 0 Å². The molecule has 0 bridgehead atoms. The van der Waals surface area contributed by atoms with Gasteiger partial charge in [-0.3, -0.25) is 5.32 Å². The third-order valence-electron chi connectivity index (χ3n) is 4.72. The molecule has 0 saturated carbocycles. The standard InChI is InChI=1S/C21H26N2.ClH/c1-13-9-15(3)19(16(4)10-13)21-22-7-8-23(21)20-17(5)11-14(2)12-18(20)6;/h9-12H,7-8H2,1-6H3;1H. The van der Waals surface area contributed by atoms with Crippen LogP contribution >= 0.6 is 0 Å². The SMILES string of the molecule is Cc1cc(C)c(C2=[N+](c3c(C)cc(C)cc3C)CCN2)c(C)c1.[Cl-]. The summed E-state index contributed by atoms with van der Waals surface area (Å²) in [5.74, 6) is 1.26. The second kappa shape index (κ2) is 6.98. The highest BCUT2D eigenvalue weighted by atomic mass is 35.5. The van der Waals surface area contributed by atoms with E-state index in [0.29, 0.717) is 0 Å². The van der Waals surface area contributed by atoms with Crippen LogP contribution in [0.25, 0.3) is 0 Å². The third kappa shape index (κ3) is 3.21. The first-order valence-electron chi connectivity index (χ1n) is 8.43. The van der Waals surface area contributed by atoms with Gasteiger partial charge in [0, 0.05) is 0 Å². The Labute approximate surface area is 152 Å². The summed E-state index contributed by atoms with van der Waals surface area (Å²) in [5, 5.41) is 3.63. The Balaban J connectivity index is 0.00000208. The zero-order valence-corrected chi connectivity index (χ0v) is 16.3. The predicted molar refractivity (Wildman–Crippen MR) is 98.2 cm³/mol. The molecule has 3 rings (SSSR count). The summed E-state index contributed by atoms with van der Waals surface area (Å²) in [6, 6.07) is 9.13. The highest BCUT2D eigenvalue weighted by Gasteiger charge is 2.28. The van der Waals surface area contributed by atoms with Gasteiger partial charge in [-0.2, -0.15) is 0 Å². The number of halogens is 1. The molecule has 0 unspecified atom stereocenters. The number of nitrogens with one attached hydrogen (secondary N) is 1.